The first kappa shape index (κ1) is 18.4. The van der Waals surface area contributed by atoms with Crippen LogP contribution in [0.3, 0.4) is 0 Å². The van der Waals surface area contributed by atoms with E-state index < -0.39 is 5.97 Å². The highest BCUT2D eigenvalue weighted by molar-refractivity contribution is 6.36. The van der Waals surface area contributed by atoms with Crippen LogP contribution in [-0.2, 0) is 11.2 Å². The van der Waals surface area contributed by atoms with Crippen LogP contribution < -0.4 is 0 Å². The lowest BCUT2D eigenvalue weighted by Crippen LogP contribution is -2.51. The summed E-state index contributed by atoms with van der Waals surface area (Å²) in [7, 11) is 0. The van der Waals surface area contributed by atoms with Gasteiger partial charge in [-0.3, -0.25) is 9.69 Å². The van der Waals surface area contributed by atoms with Gasteiger partial charge in [0.2, 0.25) is 0 Å². The van der Waals surface area contributed by atoms with Crippen LogP contribution in [0.5, 0.6) is 0 Å². The van der Waals surface area contributed by atoms with E-state index >= 15 is 0 Å². The molecule has 1 saturated heterocycles. The van der Waals surface area contributed by atoms with E-state index in [1.165, 1.54) is 11.1 Å². The Morgan fingerprint density at radius 2 is 1.85 bits per heavy atom. The van der Waals surface area contributed by atoms with Crippen molar-refractivity contribution in [2.24, 2.45) is 5.92 Å². The van der Waals surface area contributed by atoms with E-state index in [1.54, 1.807) is 0 Å². The fourth-order valence-corrected chi connectivity index (χ4v) is 4.62. The van der Waals surface area contributed by atoms with Gasteiger partial charge < -0.3 is 5.11 Å². The highest BCUT2D eigenvalue weighted by Crippen LogP contribution is 2.39. The molecule has 0 bridgehead atoms. The van der Waals surface area contributed by atoms with Crippen molar-refractivity contribution in [3.8, 4) is 11.8 Å². The van der Waals surface area contributed by atoms with Crippen LogP contribution in [-0.4, -0.2) is 29.1 Å². The Morgan fingerprint density at radius 1 is 1.15 bits per heavy atom. The Balaban J connectivity index is 1.53. The molecular weight excluding hydrogens is 381 g/mol. The zero-order chi connectivity index (χ0) is 19.1. The molecule has 2 aliphatic rings. The predicted octanol–water partition coefficient (Wildman–Crippen LogP) is 4.71. The molecule has 1 N–H and O–H groups in total. The van der Waals surface area contributed by atoms with Crippen molar-refractivity contribution in [3.63, 3.8) is 0 Å². The molecule has 1 unspecified atom stereocenters. The third-order valence-electron chi connectivity index (χ3n) is 5.41. The van der Waals surface area contributed by atoms with Gasteiger partial charge >= 0.3 is 5.97 Å². The third-order valence-corrected chi connectivity index (χ3v) is 6.00. The minimum atomic E-state index is -0.691. The average molecular weight is 400 g/mol. The van der Waals surface area contributed by atoms with Crippen LogP contribution in [0, 0.1) is 24.7 Å². The first-order chi connectivity index (χ1) is 12.9. The van der Waals surface area contributed by atoms with Crippen molar-refractivity contribution in [1.29, 1.82) is 0 Å². The van der Waals surface area contributed by atoms with Crippen molar-refractivity contribution in [2.75, 3.05) is 13.1 Å². The van der Waals surface area contributed by atoms with E-state index in [-0.39, 0.29) is 5.92 Å². The van der Waals surface area contributed by atoms with Crippen LogP contribution in [0.2, 0.25) is 10.0 Å². The van der Waals surface area contributed by atoms with Gasteiger partial charge in [0.1, 0.15) is 0 Å². The molecular formula is C22H19Cl2NO2. The van der Waals surface area contributed by atoms with E-state index in [4.69, 9.17) is 28.3 Å². The normalized spacial score (nSPS) is 19.1. The number of fused-ring (bicyclic) bond motifs is 1. The van der Waals surface area contributed by atoms with E-state index in [2.05, 4.69) is 28.9 Å². The summed E-state index contributed by atoms with van der Waals surface area (Å²) in [5.41, 5.74) is 5.20. The first-order valence-electron chi connectivity index (χ1n) is 8.99. The standard InChI is InChI=1S/C22H19Cl2NO2/c1-13-8-19(23)18(20(24)9-13)6-3-14-2-5-17-15(10-14)4-7-21(17)25-11-16(12-25)22(26)27/h2,5,8-10,16,21H,4,7,11-12H2,1H3,(H,26,27). The number of halogens is 2. The minimum Gasteiger partial charge on any atom is -0.481 e. The van der Waals surface area contributed by atoms with Gasteiger partial charge in [-0.1, -0.05) is 41.1 Å². The molecule has 0 spiro atoms. The number of likely N-dealkylation sites (tertiary alicyclic amines) is 1. The molecule has 138 valence electrons. The highest BCUT2D eigenvalue weighted by Gasteiger charge is 2.39. The maximum Gasteiger partial charge on any atom is 0.309 e. The van der Waals surface area contributed by atoms with Crippen LogP contribution >= 0.6 is 23.2 Å². The van der Waals surface area contributed by atoms with Crippen molar-refractivity contribution < 1.29 is 9.90 Å². The highest BCUT2D eigenvalue weighted by atomic mass is 35.5. The maximum atomic E-state index is 11.0. The van der Waals surface area contributed by atoms with Crippen molar-refractivity contribution >= 4 is 29.2 Å². The molecule has 0 radical (unpaired) electrons. The molecule has 27 heavy (non-hydrogen) atoms. The number of hydrogen-bond acceptors (Lipinski definition) is 2. The van der Waals surface area contributed by atoms with Crippen LogP contribution in [0.1, 0.15) is 40.3 Å². The summed E-state index contributed by atoms with van der Waals surface area (Å²) in [4.78, 5) is 13.3. The molecule has 1 fully saturated rings. The smallest absolute Gasteiger partial charge is 0.309 e. The summed E-state index contributed by atoms with van der Waals surface area (Å²) < 4.78 is 0. The molecule has 0 amide bonds. The molecule has 1 atom stereocenters. The summed E-state index contributed by atoms with van der Waals surface area (Å²) in [6.07, 6.45) is 2.03. The fourth-order valence-electron chi connectivity index (χ4n) is 3.93. The Morgan fingerprint density at radius 3 is 2.52 bits per heavy atom. The minimum absolute atomic E-state index is 0.219. The maximum absolute atomic E-state index is 11.0. The fraction of sp³-hybridized carbons (Fsp3) is 0.318. The molecule has 1 heterocycles. The van der Waals surface area contributed by atoms with Crippen molar-refractivity contribution in [1.82, 2.24) is 4.90 Å². The van der Waals surface area contributed by atoms with Gasteiger partial charge in [0.25, 0.3) is 0 Å². The summed E-state index contributed by atoms with van der Waals surface area (Å²) in [6, 6.07) is 10.3. The van der Waals surface area contributed by atoms with Gasteiger partial charge in [0, 0.05) is 24.7 Å². The number of rotatable bonds is 2. The molecule has 5 heteroatoms. The quantitative estimate of drug-likeness (QED) is 0.743. The van der Waals surface area contributed by atoms with E-state index in [9.17, 15) is 4.79 Å². The zero-order valence-corrected chi connectivity index (χ0v) is 16.4. The zero-order valence-electron chi connectivity index (χ0n) is 14.9. The second-order valence-electron chi connectivity index (χ2n) is 7.31. The van der Waals surface area contributed by atoms with Gasteiger partial charge in [0.15, 0.2) is 0 Å². The average Bonchev–Trinajstić information content (AvgIpc) is 2.95. The second-order valence-corrected chi connectivity index (χ2v) is 8.13. The van der Waals surface area contributed by atoms with Gasteiger partial charge in [-0.25, -0.2) is 0 Å². The number of nitrogens with zero attached hydrogens (tertiary/aromatic N) is 1. The lowest BCUT2D eigenvalue weighted by Gasteiger charge is -2.41. The van der Waals surface area contributed by atoms with Crippen molar-refractivity contribution in [3.05, 3.63) is 68.2 Å². The predicted molar refractivity (Wildman–Crippen MR) is 107 cm³/mol. The number of carboxylic acid groups (broad SMARTS) is 1. The second kappa shape index (κ2) is 7.20. The number of carbonyl (C=O) groups is 1. The molecule has 2 aromatic carbocycles. The molecule has 4 rings (SSSR count). The summed E-state index contributed by atoms with van der Waals surface area (Å²) in [6.45, 7) is 3.24. The Labute approximate surface area is 168 Å². The van der Waals surface area contributed by atoms with Gasteiger partial charge in [-0.2, -0.15) is 0 Å². The molecule has 1 aliphatic heterocycles. The molecule has 0 saturated carbocycles. The molecule has 0 aromatic heterocycles. The number of aliphatic carboxylic acids is 1. The molecule has 1 aliphatic carbocycles. The van der Waals surface area contributed by atoms with Crippen molar-refractivity contribution in [2.45, 2.75) is 25.8 Å². The van der Waals surface area contributed by atoms with E-state index in [0.29, 0.717) is 34.7 Å². The topological polar surface area (TPSA) is 40.5 Å². The summed E-state index contributed by atoms with van der Waals surface area (Å²) in [5, 5.41) is 10.2. The Kier molecular flexibility index (Phi) is 4.90. The Bertz CT molecular complexity index is 961. The molecule has 3 nitrogen and oxygen atoms in total. The lowest BCUT2D eigenvalue weighted by molar-refractivity contribution is -0.148. The lowest BCUT2D eigenvalue weighted by atomic mass is 9.95. The SMILES string of the molecule is Cc1cc(Cl)c(C#Cc2ccc3c(c2)CCC3N2CC(C(=O)O)C2)c(Cl)c1. The van der Waals surface area contributed by atoms with E-state index in [1.807, 2.05) is 25.1 Å². The monoisotopic (exact) mass is 399 g/mol. The first-order valence-corrected chi connectivity index (χ1v) is 9.75. The van der Waals surface area contributed by atoms with Crippen LogP contribution in [0.15, 0.2) is 30.3 Å². The van der Waals surface area contributed by atoms with Crippen LogP contribution in [0.25, 0.3) is 0 Å². The summed E-state index contributed by atoms with van der Waals surface area (Å²) in [5.74, 6) is 5.37. The summed E-state index contributed by atoms with van der Waals surface area (Å²) >= 11 is 12.5. The number of carboxylic acids is 1. The van der Waals surface area contributed by atoms with Gasteiger partial charge in [-0.15, -0.1) is 0 Å². The van der Waals surface area contributed by atoms with Crippen LogP contribution in [0.4, 0.5) is 0 Å². The molecule has 2 aromatic rings. The number of hydrogen-bond donors (Lipinski definition) is 1. The third kappa shape index (κ3) is 3.58. The van der Waals surface area contributed by atoms with Gasteiger partial charge in [0.05, 0.1) is 21.5 Å². The largest absolute Gasteiger partial charge is 0.481 e. The number of benzene rings is 2. The number of aryl methyl sites for hydroxylation is 2. The van der Waals surface area contributed by atoms with Gasteiger partial charge in [-0.05, 0) is 60.7 Å². The van der Waals surface area contributed by atoms with E-state index in [0.717, 1.165) is 24.0 Å². The Hall–Kier alpha value is -1.99.